The molecule has 0 saturated heterocycles. The van der Waals surface area contributed by atoms with E-state index in [1.807, 2.05) is 0 Å². The van der Waals surface area contributed by atoms with Crippen LogP contribution in [0.2, 0.25) is 0 Å². The number of likely N-dealkylation sites (N-methyl/N-ethyl adjacent to an activating group) is 1. The van der Waals surface area contributed by atoms with Gasteiger partial charge in [-0.1, -0.05) is 0 Å². The first-order chi connectivity index (χ1) is 7.61. The zero-order valence-corrected chi connectivity index (χ0v) is 9.83. The molecule has 0 radical (unpaired) electrons. The average Bonchev–Trinajstić information content (AvgIpc) is 2.27. The average molecular weight is 233 g/mol. The van der Waals surface area contributed by atoms with E-state index < -0.39 is 6.04 Å². The van der Waals surface area contributed by atoms with Crippen LogP contribution in [-0.2, 0) is 19.1 Å². The van der Waals surface area contributed by atoms with Gasteiger partial charge in [-0.15, -0.1) is 0 Å². The minimum Gasteiger partial charge on any atom is -0.357 e. The van der Waals surface area contributed by atoms with Gasteiger partial charge in [0.25, 0.3) is 0 Å². The molecule has 7 nitrogen and oxygen atoms in total. The summed E-state index contributed by atoms with van der Waals surface area (Å²) in [5, 5.41) is 7.66. The highest BCUT2D eigenvalue weighted by molar-refractivity contribution is 5.87. The Morgan fingerprint density at radius 1 is 1.25 bits per heavy atom. The summed E-state index contributed by atoms with van der Waals surface area (Å²) < 4.78 is 9.82. The molecule has 2 amide bonds. The van der Waals surface area contributed by atoms with Crippen molar-refractivity contribution in [2.75, 3.05) is 34.2 Å². The van der Waals surface area contributed by atoms with Gasteiger partial charge in [0.1, 0.15) is 19.4 Å². The van der Waals surface area contributed by atoms with Crippen LogP contribution in [0.25, 0.3) is 0 Å². The second-order valence-corrected chi connectivity index (χ2v) is 3.07. The maximum absolute atomic E-state index is 11.2. The summed E-state index contributed by atoms with van der Waals surface area (Å²) in [5.41, 5.74) is 0. The van der Waals surface area contributed by atoms with E-state index in [1.54, 1.807) is 14.0 Å². The summed E-state index contributed by atoms with van der Waals surface area (Å²) >= 11 is 0. The normalized spacial score (nSPS) is 11.9. The summed E-state index contributed by atoms with van der Waals surface area (Å²) in [6.45, 7) is 1.85. The summed E-state index contributed by atoms with van der Waals surface area (Å²) in [4.78, 5) is 22.3. The smallest absolute Gasteiger partial charge is 0.246 e. The lowest BCUT2D eigenvalue weighted by Gasteiger charge is -2.12. The van der Waals surface area contributed by atoms with Gasteiger partial charge in [-0.2, -0.15) is 0 Å². The number of nitrogens with one attached hydrogen (secondary N) is 3. The van der Waals surface area contributed by atoms with Crippen molar-refractivity contribution in [3.8, 4) is 0 Å². The Balaban J connectivity index is 3.54. The van der Waals surface area contributed by atoms with Gasteiger partial charge in [0.15, 0.2) is 0 Å². The minimum atomic E-state index is -0.570. The minimum absolute atomic E-state index is 0.0304. The lowest BCUT2D eigenvalue weighted by Crippen LogP contribution is -2.44. The molecule has 0 spiro atoms. The van der Waals surface area contributed by atoms with Crippen LogP contribution in [0.5, 0.6) is 0 Å². The van der Waals surface area contributed by atoms with Crippen molar-refractivity contribution in [2.45, 2.75) is 13.0 Å². The fourth-order valence-corrected chi connectivity index (χ4v) is 0.902. The molecular weight excluding hydrogens is 214 g/mol. The van der Waals surface area contributed by atoms with Crippen LogP contribution < -0.4 is 16.0 Å². The van der Waals surface area contributed by atoms with Crippen molar-refractivity contribution in [1.29, 1.82) is 0 Å². The van der Waals surface area contributed by atoms with E-state index in [9.17, 15) is 9.59 Å². The molecule has 0 aromatic heterocycles. The predicted molar refractivity (Wildman–Crippen MR) is 57.5 cm³/mol. The number of amides is 2. The maximum atomic E-state index is 11.2. The van der Waals surface area contributed by atoms with Gasteiger partial charge >= 0.3 is 0 Å². The molecule has 0 aromatic carbocycles. The molecule has 0 bridgehead atoms. The van der Waals surface area contributed by atoms with Gasteiger partial charge in [0.05, 0.1) is 6.73 Å². The van der Waals surface area contributed by atoms with Crippen molar-refractivity contribution in [3.05, 3.63) is 0 Å². The molecule has 0 rings (SSSR count). The third-order valence-corrected chi connectivity index (χ3v) is 1.66. The number of carbonyl (C=O) groups is 2. The molecule has 7 heteroatoms. The molecule has 0 aromatic rings. The van der Waals surface area contributed by atoms with Crippen LogP contribution in [0.1, 0.15) is 6.92 Å². The summed E-state index contributed by atoms with van der Waals surface area (Å²) in [7, 11) is 3.24. The highest BCUT2D eigenvalue weighted by Gasteiger charge is 2.13. The van der Waals surface area contributed by atoms with Gasteiger partial charge in [-0.25, -0.2) is 0 Å². The van der Waals surface area contributed by atoms with Gasteiger partial charge in [0, 0.05) is 7.05 Å². The molecular formula is C9H19N3O4. The third kappa shape index (κ3) is 7.16. The first-order valence-electron chi connectivity index (χ1n) is 4.92. The number of rotatable bonds is 8. The molecule has 0 heterocycles. The largest absolute Gasteiger partial charge is 0.357 e. The van der Waals surface area contributed by atoms with Crippen LogP contribution >= 0.6 is 0 Å². The lowest BCUT2D eigenvalue weighted by atomic mass is 10.3. The van der Waals surface area contributed by atoms with Crippen LogP contribution in [-0.4, -0.2) is 52.1 Å². The Bertz CT molecular complexity index is 223. The lowest BCUT2D eigenvalue weighted by molar-refractivity contribution is -0.135. The topological polar surface area (TPSA) is 88.7 Å². The van der Waals surface area contributed by atoms with Gasteiger partial charge < -0.3 is 20.1 Å². The van der Waals surface area contributed by atoms with E-state index in [0.717, 1.165) is 0 Å². The van der Waals surface area contributed by atoms with Gasteiger partial charge in [-0.05, 0) is 14.0 Å². The Hall–Kier alpha value is -1.18. The third-order valence-electron chi connectivity index (χ3n) is 1.66. The highest BCUT2D eigenvalue weighted by Crippen LogP contribution is 1.83. The van der Waals surface area contributed by atoms with Crippen molar-refractivity contribution < 1.29 is 19.1 Å². The highest BCUT2D eigenvalue weighted by atomic mass is 16.7. The molecule has 0 aliphatic heterocycles. The summed E-state index contributed by atoms with van der Waals surface area (Å²) in [6, 6.07) is -0.570. The second kappa shape index (κ2) is 9.08. The molecule has 0 aliphatic rings. The maximum Gasteiger partial charge on any atom is 0.246 e. The first-order valence-corrected chi connectivity index (χ1v) is 4.92. The SMILES string of the molecule is CNCOCOCC(=O)NC(C)C(=O)NC. The standard InChI is InChI=1S/C9H19N3O4/c1-7(9(14)11-3)12-8(13)4-15-6-16-5-10-2/h7,10H,4-6H2,1-3H3,(H,11,14)(H,12,13). The fraction of sp³-hybridized carbons (Fsp3) is 0.778. The molecule has 0 aliphatic carbocycles. The molecule has 16 heavy (non-hydrogen) atoms. The number of ether oxygens (including phenoxy) is 2. The molecule has 0 fully saturated rings. The molecule has 0 saturated carbocycles. The van der Waals surface area contributed by atoms with Gasteiger partial charge in [-0.3, -0.25) is 14.9 Å². The van der Waals surface area contributed by atoms with Crippen molar-refractivity contribution in [1.82, 2.24) is 16.0 Å². The Labute approximate surface area is 94.9 Å². The second-order valence-electron chi connectivity index (χ2n) is 3.07. The van der Waals surface area contributed by atoms with Crippen molar-refractivity contribution in [3.63, 3.8) is 0 Å². The molecule has 1 atom stereocenters. The number of carbonyl (C=O) groups excluding carboxylic acids is 2. The van der Waals surface area contributed by atoms with E-state index in [4.69, 9.17) is 9.47 Å². The predicted octanol–water partition coefficient (Wildman–Crippen LogP) is -1.60. The Morgan fingerprint density at radius 2 is 1.94 bits per heavy atom. The summed E-state index contributed by atoms with van der Waals surface area (Å²) in [5.74, 6) is -0.607. The zero-order chi connectivity index (χ0) is 12.4. The van der Waals surface area contributed by atoms with Crippen LogP contribution in [0.3, 0.4) is 0 Å². The monoisotopic (exact) mass is 233 g/mol. The van der Waals surface area contributed by atoms with Crippen molar-refractivity contribution in [2.24, 2.45) is 0 Å². The van der Waals surface area contributed by atoms with E-state index >= 15 is 0 Å². The van der Waals surface area contributed by atoms with E-state index in [-0.39, 0.29) is 25.2 Å². The van der Waals surface area contributed by atoms with E-state index in [2.05, 4.69) is 16.0 Å². The summed E-state index contributed by atoms with van der Waals surface area (Å²) in [6.07, 6.45) is 0. The molecule has 1 unspecified atom stereocenters. The van der Waals surface area contributed by atoms with Crippen molar-refractivity contribution >= 4 is 11.8 Å². The van der Waals surface area contributed by atoms with Crippen LogP contribution in [0, 0.1) is 0 Å². The Morgan fingerprint density at radius 3 is 2.50 bits per heavy atom. The van der Waals surface area contributed by atoms with E-state index in [0.29, 0.717) is 6.73 Å². The molecule has 3 N–H and O–H groups in total. The van der Waals surface area contributed by atoms with Crippen LogP contribution in [0.15, 0.2) is 0 Å². The van der Waals surface area contributed by atoms with Crippen LogP contribution in [0.4, 0.5) is 0 Å². The number of hydrogen-bond acceptors (Lipinski definition) is 5. The fourth-order valence-electron chi connectivity index (χ4n) is 0.902. The first kappa shape index (κ1) is 14.8. The number of hydrogen-bond donors (Lipinski definition) is 3. The van der Waals surface area contributed by atoms with E-state index in [1.165, 1.54) is 7.05 Å². The quantitative estimate of drug-likeness (QED) is 0.347. The zero-order valence-electron chi connectivity index (χ0n) is 9.83. The molecule has 94 valence electrons. The Kier molecular flexibility index (Phi) is 8.41. The van der Waals surface area contributed by atoms with Gasteiger partial charge in [0.2, 0.25) is 11.8 Å².